The van der Waals surface area contributed by atoms with Crippen LogP contribution in [0.15, 0.2) is 30.2 Å². The van der Waals surface area contributed by atoms with Crippen LogP contribution in [0.2, 0.25) is 0 Å². The molecule has 1 aromatic carbocycles. The second kappa shape index (κ2) is 3.80. The Hall–Kier alpha value is -1.71. The molecule has 4 heteroatoms. The van der Waals surface area contributed by atoms with Crippen LogP contribution in [0, 0.1) is 17.0 Å². The molecule has 0 saturated carbocycles. The average Bonchev–Trinajstić information content (AvgIpc) is 2.08. The van der Waals surface area contributed by atoms with E-state index in [9.17, 15) is 14.5 Å². The molecular weight excluding hydrogens is 173 g/mol. The van der Waals surface area contributed by atoms with Gasteiger partial charge in [-0.15, -0.1) is 4.39 Å². The maximum absolute atomic E-state index is 12.5. The molecule has 1 aromatic rings. The van der Waals surface area contributed by atoms with Gasteiger partial charge in [0.15, 0.2) is 0 Å². The Bertz CT molecular complexity index is 343. The third-order valence-corrected chi connectivity index (χ3v) is 1.54. The van der Waals surface area contributed by atoms with Crippen LogP contribution in [0.5, 0.6) is 0 Å². The Labute approximate surface area is 74.7 Å². The van der Waals surface area contributed by atoms with E-state index < -0.39 is 10.9 Å². The van der Waals surface area contributed by atoms with E-state index in [1.54, 1.807) is 24.3 Å². The largest absolute Gasteiger partial charge is 0.419 e. The van der Waals surface area contributed by atoms with Gasteiger partial charge in [0.2, 0.25) is 0 Å². The lowest BCUT2D eigenvalue weighted by Gasteiger charge is -1.92. The van der Waals surface area contributed by atoms with Crippen molar-refractivity contribution < 1.29 is 9.31 Å². The number of aryl methyl sites for hydroxylation is 1. The van der Waals surface area contributed by atoms with Crippen LogP contribution in [0.25, 0.3) is 6.08 Å². The second-order valence-corrected chi connectivity index (χ2v) is 2.63. The van der Waals surface area contributed by atoms with Gasteiger partial charge >= 0.3 is 5.95 Å². The molecule has 0 atom stereocenters. The summed E-state index contributed by atoms with van der Waals surface area (Å²) in [4.78, 5) is 8.88. The van der Waals surface area contributed by atoms with Gasteiger partial charge in [0.1, 0.15) is 0 Å². The molecule has 0 radical (unpaired) electrons. The van der Waals surface area contributed by atoms with Crippen molar-refractivity contribution in [3.8, 4) is 0 Å². The maximum atomic E-state index is 12.5. The van der Waals surface area contributed by atoms with Gasteiger partial charge in [0.05, 0.1) is 11.0 Å². The molecular formula is C9H8FNO2. The minimum Gasteiger partial charge on any atom is -0.256 e. The zero-order chi connectivity index (χ0) is 9.84. The molecule has 0 aliphatic rings. The summed E-state index contributed by atoms with van der Waals surface area (Å²) in [5, 5.41) is 9.93. The van der Waals surface area contributed by atoms with E-state index in [1.807, 2.05) is 6.92 Å². The zero-order valence-electron chi connectivity index (χ0n) is 7.03. The third kappa shape index (κ3) is 2.66. The minimum absolute atomic E-state index is 0.486. The Balaban J connectivity index is 2.92. The maximum Gasteiger partial charge on any atom is 0.419 e. The molecule has 0 saturated heterocycles. The predicted octanol–water partition coefficient (Wildman–Crippen LogP) is 2.54. The van der Waals surface area contributed by atoms with Crippen molar-refractivity contribution in [1.82, 2.24) is 0 Å². The summed E-state index contributed by atoms with van der Waals surface area (Å²) < 4.78 is 12.5. The average molecular weight is 181 g/mol. The normalized spacial score (nSPS) is 11.4. The fourth-order valence-corrected chi connectivity index (χ4v) is 0.853. The highest BCUT2D eigenvalue weighted by Gasteiger charge is 2.06. The second-order valence-electron chi connectivity index (χ2n) is 2.63. The fourth-order valence-electron chi connectivity index (χ4n) is 0.853. The lowest BCUT2D eigenvalue weighted by atomic mass is 10.1. The highest BCUT2D eigenvalue weighted by molar-refractivity contribution is 5.49. The van der Waals surface area contributed by atoms with Gasteiger partial charge < -0.3 is 0 Å². The van der Waals surface area contributed by atoms with E-state index >= 15 is 0 Å². The molecule has 0 bridgehead atoms. The highest BCUT2D eigenvalue weighted by atomic mass is 19.1. The number of nitro groups is 1. The molecule has 0 unspecified atom stereocenters. The molecule has 68 valence electrons. The van der Waals surface area contributed by atoms with Gasteiger partial charge in [-0.3, -0.25) is 10.1 Å². The highest BCUT2D eigenvalue weighted by Crippen LogP contribution is 2.09. The number of rotatable bonds is 2. The van der Waals surface area contributed by atoms with E-state index in [4.69, 9.17) is 0 Å². The summed E-state index contributed by atoms with van der Waals surface area (Å²) in [5.41, 5.74) is 1.51. The SMILES string of the molecule is Cc1ccc(/C=C(\F)[N+](=O)[O-])cc1. The first-order chi connectivity index (χ1) is 6.09. The van der Waals surface area contributed by atoms with Gasteiger partial charge in [-0.25, -0.2) is 0 Å². The molecule has 0 aliphatic heterocycles. The quantitative estimate of drug-likeness (QED) is 0.399. The van der Waals surface area contributed by atoms with Gasteiger partial charge in [0.25, 0.3) is 0 Å². The Morgan fingerprint density at radius 3 is 2.46 bits per heavy atom. The Morgan fingerprint density at radius 2 is 2.00 bits per heavy atom. The Kier molecular flexibility index (Phi) is 2.74. The number of hydrogen-bond donors (Lipinski definition) is 0. The first-order valence-electron chi connectivity index (χ1n) is 3.68. The summed E-state index contributed by atoms with van der Waals surface area (Å²) in [6.07, 6.45) is 0.888. The van der Waals surface area contributed by atoms with E-state index in [0.29, 0.717) is 5.56 Å². The summed E-state index contributed by atoms with van der Waals surface area (Å²) in [6, 6.07) is 6.77. The molecule has 0 fully saturated rings. The predicted molar refractivity (Wildman–Crippen MR) is 47.3 cm³/mol. The summed E-state index contributed by atoms with van der Waals surface area (Å²) in [6.45, 7) is 1.89. The molecule has 0 aliphatic carbocycles. The van der Waals surface area contributed by atoms with Crippen LogP contribution in [0.3, 0.4) is 0 Å². The van der Waals surface area contributed by atoms with Crippen molar-refractivity contribution in [1.29, 1.82) is 0 Å². The van der Waals surface area contributed by atoms with Crippen molar-refractivity contribution in [2.75, 3.05) is 0 Å². The molecule has 0 aromatic heterocycles. The summed E-state index contributed by atoms with van der Waals surface area (Å²) in [5.74, 6) is -1.34. The van der Waals surface area contributed by atoms with Crippen LogP contribution in [-0.2, 0) is 0 Å². The van der Waals surface area contributed by atoms with Gasteiger partial charge in [0, 0.05) is 0 Å². The van der Waals surface area contributed by atoms with E-state index in [2.05, 4.69) is 0 Å². The topological polar surface area (TPSA) is 43.1 Å². The number of hydrogen-bond acceptors (Lipinski definition) is 2. The lowest BCUT2D eigenvalue weighted by Crippen LogP contribution is -1.91. The van der Waals surface area contributed by atoms with Crippen LogP contribution >= 0.6 is 0 Å². The van der Waals surface area contributed by atoms with Crippen molar-refractivity contribution in [2.45, 2.75) is 6.92 Å². The Morgan fingerprint density at radius 1 is 1.46 bits per heavy atom. The molecule has 13 heavy (non-hydrogen) atoms. The van der Waals surface area contributed by atoms with Crippen molar-refractivity contribution in [2.24, 2.45) is 0 Å². The summed E-state index contributed by atoms with van der Waals surface area (Å²) in [7, 11) is 0. The molecule has 0 amide bonds. The zero-order valence-corrected chi connectivity index (χ0v) is 7.03. The van der Waals surface area contributed by atoms with Crippen LogP contribution in [0.4, 0.5) is 4.39 Å². The van der Waals surface area contributed by atoms with E-state index in [-0.39, 0.29) is 0 Å². The lowest BCUT2D eigenvalue weighted by molar-refractivity contribution is -0.445. The van der Waals surface area contributed by atoms with Crippen molar-refractivity contribution >= 4 is 6.08 Å². The molecule has 0 spiro atoms. The molecule has 0 N–H and O–H groups in total. The number of nitrogens with zero attached hydrogens (tertiary/aromatic N) is 1. The number of halogens is 1. The van der Waals surface area contributed by atoms with E-state index in [1.165, 1.54) is 0 Å². The van der Waals surface area contributed by atoms with Crippen LogP contribution in [-0.4, -0.2) is 4.92 Å². The first kappa shape index (κ1) is 9.38. The third-order valence-electron chi connectivity index (χ3n) is 1.54. The number of benzene rings is 1. The van der Waals surface area contributed by atoms with Crippen LogP contribution < -0.4 is 0 Å². The fraction of sp³-hybridized carbons (Fsp3) is 0.111. The minimum atomic E-state index is -1.34. The first-order valence-corrected chi connectivity index (χ1v) is 3.68. The van der Waals surface area contributed by atoms with Gasteiger partial charge in [-0.1, -0.05) is 29.8 Å². The molecule has 3 nitrogen and oxygen atoms in total. The van der Waals surface area contributed by atoms with Gasteiger partial charge in [-0.2, -0.15) is 0 Å². The van der Waals surface area contributed by atoms with E-state index in [0.717, 1.165) is 11.6 Å². The van der Waals surface area contributed by atoms with Gasteiger partial charge in [-0.05, 0) is 12.5 Å². The van der Waals surface area contributed by atoms with Crippen molar-refractivity contribution in [3.63, 3.8) is 0 Å². The standard InChI is InChI=1S/C9H8FNO2/c1-7-2-4-8(5-3-7)6-9(10)11(12)13/h2-6H,1H3/b9-6+. The van der Waals surface area contributed by atoms with Crippen molar-refractivity contribution in [3.05, 3.63) is 51.5 Å². The van der Waals surface area contributed by atoms with Crippen LogP contribution in [0.1, 0.15) is 11.1 Å². The monoisotopic (exact) mass is 181 g/mol. The smallest absolute Gasteiger partial charge is 0.256 e. The molecule has 0 heterocycles. The molecule has 1 rings (SSSR count). The summed E-state index contributed by atoms with van der Waals surface area (Å²) >= 11 is 0.